The molecule has 1 aliphatic heterocycles. The Morgan fingerprint density at radius 2 is 2.35 bits per heavy atom. The summed E-state index contributed by atoms with van der Waals surface area (Å²) in [5, 5.41) is 5.34. The molecular formula is C11H11ClN2O3. The van der Waals surface area contributed by atoms with E-state index in [1.54, 1.807) is 12.1 Å². The summed E-state index contributed by atoms with van der Waals surface area (Å²) in [5.41, 5.74) is 1.49. The quantitative estimate of drug-likeness (QED) is 0.787. The Labute approximate surface area is 103 Å². The van der Waals surface area contributed by atoms with Crippen LogP contribution >= 0.6 is 11.6 Å². The minimum atomic E-state index is -0.232. The molecule has 1 aromatic carbocycles. The number of alkyl halides is 1. The van der Waals surface area contributed by atoms with Crippen LogP contribution in [0.2, 0.25) is 0 Å². The van der Waals surface area contributed by atoms with Crippen LogP contribution in [-0.4, -0.2) is 24.3 Å². The fourth-order valence-corrected chi connectivity index (χ4v) is 1.58. The van der Waals surface area contributed by atoms with Crippen molar-refractivity contribution in [3.05, 3.63) is 23.8 Å². The number of carbonyl (C=O) groups excluding carboxylic acids is 2. The normalized spacial score (nSPS) is 13.4. The number of nitrogens with one attached hydrogen (secondary N) is 2. The molecule has 0 bridgehead atoms. The molecule has 0 aromatic heterocycles. The van der Waals surface area contributed by atoms with Gasteiger partial charge in [-0.3, -0.25) is 9.59 Å². The summed E-state index contributed by atoms with van der Waals surface area (Å²) in [6.07, 6.45) is 0. The van der Waals surface area contributed by atoms with E-state index in [9.17, 15) is 9.59 Å². The molecule has 0 aliphatic carbocycles. The predicted octanol–water partition coefficient (Wildman–Crippen LogP) is 0.873. The molecule has 0 unspecified atom stereocenters. The van der Waals surface area contributed by atoms with E-state index in [0.29, 0.717) is 18.0 Å². The molecule has 6 heteroatoms. The van der Waals surface area contributed by atoms with Crippen LogP contribution < -0.4 is 15.4 Å². The minimum absolute atomic E-state index is 0.0370. The Morgan fingerprint density at radius 1 is 1.53 bits per heavy atom. The first-order valence-electron chi connectivity index (χ1n) is 5.07. The Kier molecular flexibility index (Phi) is 3.49. The van der Waals surface area contributed by atoms with Crippen LogP contribution in [0.3, 0.4) is 0 Å². The van der Waals surface area contributed by atoms with Crippen LogP contribution in [-0.2, 0) is 16.1 Å². The van der Waals surface area contributed by atoms with Crippen molar-refractivity contribution in [2.45, 2.75) is 6.54 Å². The predicted molar refractivity (Wildman–Crippen MR) is 63.1 cm³/mol. The van der Waals surface area contributed by atoms with Crippen molar-refractivity contribution < 1.29 is 14.3 Å². The van der Waals surface area contributed by atoms with Crippen molar-refractivity contribution in [2.24, 2.45) is 0 Å². The number of carbonyl (C=O) groups is 2. The molecule has 0 atom stereocenters. The van der Waals surface area contributed by atoms with Crippen LogP contribution in [0.15, 0.2) is 18.2 Å². The highest BCUT2D eigenvalue weighted by atomic mass is 35.5. The number of rotatable bonds is 3. The van der Waals surface area contributed by atoms with Crippen LogP contribution in [0.5, 0.6) is 5.75 Å². The third-order valence-corrected chi connectivity index (χ3v) is 2.53. The van der Waals surface area contributed by atoms with Crippen molar-refractivity contribution >= 4 is 29.1 Å². The monoisotopic (exact) mass is 254 g/mol. The molecule has 1 aromatic rings. The summed E-state index contributed by atoms with van der Waals surface area (Å²) in [7, 11) is 0. The summed E-state index contributed by atoms with van der Waals surface area (Å²) in [6.45, 7) is 0.407. The molecule has 0 saturated carbocycles. The van der Waals surface area contributed by atoms with Gasteiger partial charge in [-0.15, -0.1) is 11.6 Å². The first kappa shape index (κ1) is 11.7. The highest BCUT2D eigenvalue weighted by molar-refractivity contribution is 6.27. The van der Waals surface area contributed by atoms with E-state index in [1.165, 1.54) is 0 Å². The van der Waals surface area contributed by atoms with E-state index in [-0.39, 0.29) is 24.3 Å². The molecular weight excluding hydrogens is 244 g/mol. The summed E-state index contributed by atoms with van der Waals surface area (Å²) < 4.78 is 5.22. The lowest BCUT2D eigenvalue weighted by Gasteiger charge is -2.18. The standard InChI is InChI=1S/C11H11ClN2O3/c12-4-10(15)13-5-7-1-2-9-8(3-7)14-11(16)6-17-9/h1-3H,4-6H2,(H,13,15)(H,14,16). The number of hydrogen-bond acceptors (Lipinski definition) is 3. The molecule has 0 saturated heterocycles. The zero-order chi connectivity index (χ0) is 12.3. The van der Waals surface area contributed by atoms with Crippen molar-refractivity contribution in [1.82, 2.24) is 5.32 Å². The zero-order valence-corrected chi connectivity index (χ0v) is 9.71. The van der Waals surface area contributed by atoms with Gasteiger partial charge in [-0.1, -0.05) is 6.07 Å². The van der Waals surface area contributed by atoms with Crippen molar-refractivity contribution in [3.63, 3.8) is 0 Å². The second-order valence-electron chi connectivity index (χ2n) is 3.58. The molecule has 90 valence electrons. The Balaban J connectivity index is 2.07. The van der Waals surface area contributed by atoms with Crippen molar-refractivity contribution in [1.29, 1.82) is 0 Å². The van der Waals surface area contributed by atoms with Gasteiger partial charge in [0.25, 0.3) is 5.91 Å². The van der Waals surface area contributed by atoms with Gasteiger partial charge in [-0.25, -0.2) is 0 Å². The number of ether oxygens (including phenoxy) is 1. The van der Waals surface area contributed by atoms with Gasteiger partial charge < -0.3 is 15.4 Å². The number of fused-ring (bicyclic) bond motifs is 1. The lowest BCUT2D eigenvalue weighted by atomic mass is 10.1. The number of halogens is 1. The summed E-state index contributed by atoms with van der Waals surface area (Å²) >= 11 is 5.36. The molecule has 0 fully saturated rings. The van der Waals surface area contributed by atoms with Crippen molar-refractivity contribution in [3.8, 4) is 5.75 Å². The Bertz CT molecular complexity index is 462. The topological polar surface area (TPSA) is 67.4 Å². The average Bonchev–Trinajstić information content (AvgIpc) is 2.35. The van der Waals surface area contributed by atoms with Gasteiger partial charge in [0.1, 0.15) is 11.6 Å². The maximum absolute atomic E-state index is 11.1. The average molecular weight is 255 g/mol. The number of hydrogen-bond donors (Lipinski definition) is 2. The van der Waals surface area contributed by atoms with Crippen LogP contribution in [0.25, 0.3) is 0 Å². The zero-order valence-electron chi connectivity index (χ0n) is 8.96. The largest absolute Gasteiger partial charge is 0.482 e. The molecule has 17 heavy (non-hydrogen) atoms. The van der Waals surface area contributed by atoms with Crippen molar-refractivity contribution in [2.75, 3.05) is 17.8 Å². The van der Waals surface area contributed by atoms with Gasteiger partial charge in [-0.05, 0) is 17.7 Å². The SMILES string of the molecule is O=C(CCl)NCc1ccc2c(c1)NC(=O)CO2. The molecule has 2 amide bonds. The van der Waals surface area contributed by atoms with Gasteiger partial charge in [0, 0.05) is 6.54 Å². The summed E-state index contributed by atoms with van der Waals surface area (Å²) in [4.78, 5) is 22.1. The second-order valence-corrected chi connectivity index (χ2v) is 3.84. The third kappa shape index (κ3) is 2.88. The van der Waals surface area contributed by atoms with Crippen LogP contribution in [0, 0.1) is 0 Å². The third-order valence-electron chi connectivity index (χ3n) is 2.29. The number of anilines is 1. The summed E-state index contributed by atoms with van der Waals surface area (Å²) in [5.74, 6) is 0.159. The maximum atomic E-state index is 11.1. The maximum Gasteiger partial charge on any atom is 0.262 e. The van der Waals surface area contributed by atoms with Gasteiger partial charge in [-0.2, -0.15) is 0 Å². The number of amides is 2. The van der Waals surface area contributed by atoms with Gasteiger partial charge in [0.15, 0.2) is 6.61 Å². The molecule has 0 spiro atoms. The van der Waals surface area contributed by atoms with Gasteiger partial charge in [0.2, 0.25) is 5.91 Å². The summed E-state index contributed by atoms with van der Waals surface area (Å²) in [6, 6.07) is 5.35. The van der Waals surface area contributed by atoms with E-state index < -0.39 is 0 Å². The highest BCUT2D eigenvalue weighted by Gasteiger charge is 2.15. The van der Waals surface area contributed by atoms with Gasteiger partial charge in [0.05, 0.1) is 5.69 Å². The Morgan fingerprint density at radius 3 is 3.12 bits per heavy atom. The van der Waals surface area contributed by atoms with Gasteiger partial charge >= 0.3 is 0 Å². The first-order valence-corrected chi connectivity index (χ1v) is 5.61. The fourth-order valence-electron chi connectivity index (χ4n) is 1.49. The lowest BCUT2D eigenvalue weighted by molar-refractivity contribution is -0.119. The van der Waals surface area contributed by atoms with E-state index >= 15 is 0 Å². The molecule has 0 radical (unpaired) electrons. The molecule has 2 N–H and O–H groups in total. The molecule has 1 aliphatic rings. The lowest BCUT2D eigenvalue weighted by Crippen LogP contribution is -2.26. The minimum Gasteiger partial charge on any atom is -0.482 e. The van der Waals surface area contributed by atoms with E-state index in [4.69, 9.17) is 16.3 Å². The molecule has 2 rings (SSSR count). The smallest absolute Gasteiger partial charge is 0.262 e. The first-order chi connectivity index (χ1) is 8.19. The van der Waals surface area contributed by atoms with Crippen LogP contribution in [0.1, 0.15) is 5.56 Å². The fraction of sp³-hybridized carbons (Fsp3) is 0.273. The van der Waals surface area contributed by atoms with E-state index in [1.807, 2.05) is 6.07 Å². The Hall–Kier alpha value is -1.75. The molecule has 5 nitrogen and oxygen atoms in total. The number of benzene rings is 1. The molecule has 1 heterocycles. The highest BCUT2D eigenvalue weighted by Crippen LogP contribution is 2.28. The van der Waals surface area contributed by atoms with Crippen LogP contribution in [0.4, 0.5) is 5.69 Å². The van der Waals surface area contributed by atoms with E-state index in [0.717, 1.165) is 5.56 Å². The van der Waals surface area contributed by atoms with E-state index in [2.05, 4.69) is 10.6 Å². The second kappa shape index (κ2) is 5.05.